The molecule has 1 saturated carbocycles. The fraction of sp³-hybridized carbons (Fsp3) is 0.571. The van der Waals surface area contributed by atoms with Gasteiger partial charge in [-0.2, -0.15) is 0 Å². The van der Waals surface area contributed by atoms with Crippen LogP contribution in [-0.2, 0) is 9.84 Å². The van der Waals surface area contributed by atoms with E-state index in [1.54, 1.807) is 18.2 Å². The van der Waals surface area contributed by atoms with Gasteiger partial charge in [0.15, 0.2) is 9.84 Å². The number of hydrogen-bond acceptors (Lipinski definition) is 3. The molecule has 2 atom stereocenters. The summed E-state index contributed by atoms with van der Waals surface area (Å²) in [5.74, 6) is 0. The summed E-state index contributed by atoms with van der Waals surface area (Å²) >= 11 is 3.35. The molecule has 1 aromatic rings. The Hall–Kier alpha value is -0.390. The van der Waals surface area contributed by atoms with Crippen molar-refractivity contribution in [2.45, 2.75) is 48.3 Å². The van der Waals surface area contributed by atoms with E-state index in [-0.39, 0.29) is 11.3 Å². The fourth-order valence-corrected chi connectivity index (χ4v) is 5.44. The molecule has 0 amide bonds. The van der Waals surface area contributed by atoms with E-state index in [4.69, 9.17) is 0 Å². The van der Waals surface area contributed by atoms with E-state index in [2.05, 4.69) is 21.2 Å². The second kappa shape index (κ2) is 6.37. The van der Waals surface area contributed by atoms with Crippen LogP contribution in [-0.4, -0.2) is 26.8 Å². The molecule has 2 rings (SSSR count). The van der Waals surface area contributed by atoms with Crippen LogP contribution in [0.4, 0.5) is 0 Å². The average Bonchev–Trinajstić information content (AvgIpc) is 2.64. The SMILES string of the molecule is CNC1CCCCCC1S(=O)(=O)c1cccc(Br)c1. The van der Waals surface area contributed by atoms with E-state index in [0.29, 0.717) is 4.90 Å². The second-order valence-electron chi connectivity index (χ2n) is 5.07. The first-order valence-electron chi connectivity index (χ1n) is 6.72. The maximum absolute atomic E-state index is 12.8. The lowest BCUT2D eigenvalue weighted by Gasteiger charge is -2.24. The lowest BCUT2D eigenvalue weighted by Crippen LogP contribution is -2.41. The highest BCUT2D eigenvalue weighted by atomic mass is 79.9. The highest BCUT2D eigenvalue weighted by Gasteiger charge is 2.34. The van der Waals surface area contributed by atoms with Gasteiger partial charge in [-0.15, -0.1) is 0 Å². The first-order valence-corrected chi connectivity index (χ1v) is 9.06. The number of sulfone groups is 1. The zero-order valence-corrected chi connectivity index (χ0v) is 13.5. The molecule has 1 aromatic carbocycles. The Morgan fingerprint density at radius 2 is 1.95 bits per heavy atom. The van der Waals surface area contributed by atoms with Crippen molar-refractivity contribution in [1.82, 2.24) is 5.32 Å². The standard InChI is InChI=1S/C14H20BrNO2S/c1-16-13-8-3-2-4-9-14(13)19(17,18)12-7-5-6-11(15)10-12/h5-7,10,13-14,16H,2-4,8-9H2,1H3. The predicted octanol–water partition coefficient (Wildman–Crippen LogP) is 3.14. The molecular formula is C14H20BrNO2S. The predicted molar refractivity (Wildman–Crippen MR) is 81.0 cm³/mol. The third-order valence-electron chi connectivity index (χ3n) is 3.85. The molecule has 1 aliphatic carbocycles. The minimum absolute atomic E-state index is 0.0616. The topological polar surface area (TPSA) is 46.2 Å². The Kier molecular flexibility index (Phi) is 5.03. The summed E-state index contributed by atoms with van der Waals surface area (Å²) in [6.07, 6.45) is 4.92. The van der Waals surface area contributed by atoms with Crippen molar-refractivity contribution >= 4 is 25.8 Å². The number of halogens is 1. The molecule has 0 saturated heterocycles. The van der Waals surface area contributed by atoms with Gasteiger partial charge in [-0.25, -0.2) is 8.42 Å². The van der Waals surface area contributed by atoms with Gasteiger partial charge < -0.3 is 5.32 Å². The summed E-state index contributed by atoms with van der Waals surface area (Å²) in [5.41, 5.74) is 0. The second-order valence-corrected chi connectivity index (χ2v) is 8.16. The molecule has 5 heteroatoms. The molecule has 0 spiro atoms. The van der Waals surface area contributed by atoms with Crippen LogP contribution < -0.4 is 5.32 Å². The summed E-state index contributed by atoms with van der Waals surface area (Å²) < 4.78 is 26.4. The zero-order valence-electron chi connectivity index (χ0n) is 11.1. The molecule has 1 fully saturated rings. The minimum atomic E-state index is -3.26. The smallest absolute Gasteiger partial charge is 0.182 e. The van der Waals surface area contributed by atoms with Gasteiger partial charge >= 0.3 is 0 Å². The maximum Gasteiger partial charge on any atom is 0.182 e. The largest absolute Gasteiger partial charge is 0.316 e. The summed E-state index contributed by atoms with van der Waals surface area (Å²) in [4.78, 5) is 0.425. The van der Waals surface area contributed by atoms with Gasteiger partial charge in [0.2, 0.25) is 0 Å². The molecule has 106 valence electrons. The summed E-state index contributed by atoms with van der Waals surface area (Å²) in [6.45, 7) is 0. The summed E-state index contributed by atoms with van der Waals surface area (Å²) in [5, 5.41) is 2.88. The Balaban J connectivity index is 2.36. The van der Waals surface area contributed by atoms with Gasteiger partial charge in [-0.1, -0.05) is 41.3 Å². The highest BCUT2D eigenvalue weighted by Crippen LogP contribution is 2.29. The van der Waals surface area contributed by atoms with Crippen LogP contribution in [0.15, 0.2) is 33.6 Å². The first-order chi connectivity index (χ1) is 9.05. The summed E-state index contributed by atoms with van der Waals surface area (Å²) in [6, 6.07) is 7.08. The lowest BCUT2D eigenvalue weighted by atomic mass is 10.1. The monoisotopic (exact) mass is 345 g/mol. The van der Waals surface area contributed by atoms with Gasteiger partial charge in [-0.05, 0) is 38.1 Å². The molecule has 0 aliphatic heterocycles. The molecule has 1 aliphatic rings. The van der Waals surface area contributed by atoms with E-state index < -0.39 is 9.84 Å². The number of benzene rings is 1. The van der Waals surface area contributed by atoms with Crippen LogP contribution in [0.1, 0.15) is 32.1 Å². The Morgan fingerprint density at radius 1 is 1.21 bits per heavy atom. The Bertz CT molecular complexity index is 530. The summed E-state index contributed by atoms with van der Waals surface area (Å²) in [7, 11) is -1.40. The van der Waals surface area contributed by atoms with Crippen molar-refractivity contribution in [3.05, 3.63) is 28.7 Å². The molecular weight excluding hydrogens is 326 g/mol. The van der Waals surface area contributed by atoms with Crippen molar-refractivity contribution < 1.29 is 8.42 Å². The van der Waals surface area contributed by atoms with Gasteiger partial charge in [0.1, 0.15) is 0 Å². The van der Waals surface area contributed by atoms with Crippen molar-refractivity contribution in [2.75, 3.05) is 7.05 Å². The highest BCUT2D eigenvalue weighted by molar-refractivity contribution is 9.10. The van der Waals surface area contributed by atoms with Crippen LogP contribution in [0, 0.1) is 0 Å². The third-order valence-corrected chi connectivity index (χ3v) is 6.61. The molecule has 0 aromatic heterocycles. The van der Waals surface area contributed by atoms with Crippen molar-refractivity contribution in [2.24, 2.45) is 0 Å². The number of nitrogens with one attached hydrogen (secondary N) is 1. The van der Waals surface area contributed by atoms with Crippen molar-refractivity contribution in [3.63, 3.8) is 0 Å². The first kappa shape index (κ1) is 15.0. The average molecular weight is 346 g/mol. The van der Waals surface area contributed by atoms with Crippen LogP contribution in [0.2, 0.25) is 0 Å². The van der Waals surface area contributed by atoms with Gasteiger partial charge in [0.05, 0.1) is 10.1 Å². The van der Waals surface area contributed by atoms with Crippen LogP contribution in [0.5, 0.6) is 0 Å². The molecule has 2 unspecified atom stereocenters. The van der Waals surface area contributed by atoms with Crippen LogP contribution >= 0.6 is 15.9 Å². The minimum Gasteiger partial charge on any atom is -0.316 e. The van der Waals surface area contributed by atoms with Crippen LogP contribution in [0.3, 0.4) is 0 Å². The zero-order chi connectivity index (χ0) is 13.9. The molecule has 19 heavy (non-hydrogen) atoms. The van der Waals surface area contributed by atoms with E-state index in [0.717, 1.165) is 36.6 Å². The molecule has 0 radical (unpaired) electrons. The van der Waals surface area contributed by atoms with E-state index >= 15 is 0 Å². The maximum atomic E-state index is 12.8. The third kappa shape index (κ3) is 3.38. The van der Waals surface area contributed by atoms with E-state index in [9.17, 15) is 8.42 Å². The number of rotatable bonds is 3. The van der Waals surface area contributed by atoms with Gasteiger partial charge in [0, 0.05) is 10.5 Å². The van der Waals surface area contributed by atoms with Crippen molar-refractivity contribution in [3.8, 4) is 0 Å². The molecule has 1 N–H and O–H groups in total. The van der Waals surface area contributed by atoms with Gasteiger partial charge in [0.25, 0.3) is 0 Å². The van der Waals surface area contributed by atoms with Gasteiger partial charge in [-0.3, -0.25) is 0 Å². The lowest BCUT2D eigenvalue weighted by molar-refractivity contribution is 0.480. The van der Waals surface area contributed by atoms with E-state index in [1.807, 2.05) is 13.1 Å². The Labute approximate surface area is 123 Å². The Morgan fingerprint density at radius 3 is 2.63 bits per heavy atom. The quantitative estimate of drug-likeness (QED) is 0.856. The molecule has 3 nitrogen and oxygen atoms in total. The fourth-order valence-electron chi connectivity index (χ4n) is 2.79. The number of hydrogen-bond donors (Lipinski definition) is 1. The normalized spacial score (nSPS) is 24.9. The molecule has 0 heterocycles. The van der Waals surface area contributed by atoms with Crippen molar-refractivity contribution in [1.29, 1.82) is 0 Å². The van der Waals surface area contributed by atoms with Crippen LogP contribution in [0.25, 0.3) is 0 Å². The molecule has 0 bridgehead atoms. The van der Waals surface area contributed by atoms with E-state index in [1.165, 1.54) is 0 Å².